The first kappa shape index (κ1) is 16.0. The van der Waals surface area contributed by atoms with E-state index >= 15 is 0 Å². The van der Waals surface area contributed by atoms with Gasteiger partial charge in [0.25, 0.3) is 0 Å². The predicted molar refractivity (Wildman–Crippen MR) is 104 cm³/mol. The zero-order valence-electron chi connectivity index (χ0n) is 15.1. The van der Waals surface area contributed by atoms with Gasteiger partial charge in [0, 0.05) is 42.2 Å². The Labute approximate surface area is 157 Å². The molecule has 0 saturated carbocycles. The number of hydrogen-bond donors (Lipinski definition) is 0. The van der Waals surface area contributed by atoms with Gasteiger partial charge in [-0.05, 0) is 53.9 Å². The zero-order chi connectivity index (χ0) is 18.2. The smallest absolute Gasteiger partial charge is 0.122 e. The second-order valence-electron chi connectivity index (χ2n) is 6.89. The van der Waals surface area contributed by atoms with Gasteiger partial charge in [-0.1, -0.05) is 0 Å². The van der Waals surface area contributed by atoms with Crippen LogP contribution < -0.4 is 9.47 Å². The lowest BCUT2D eigenvalue weighted by molar-refractivity contribution is 0.257. The molecule has 3 aromatic rings. The quantitative estimate of drug-likeness (QED) is 0.710. The van der Waals surface area contributed by atoms with Gasteiger partial charge in [0.15, 0.2) is 0 Å². The van der Waals surface area contributed by atoms with Crippen LogP contribution >= 0.6 is 0 Å². The summed E-state index contributed by atoms with van der Waals surface area (Å²) in [6.07, 6.45) is 7.21. The molecule has 0 amide bonds. The molecule has 1 aromatic carbocycles. The standard InChI is InChI=1S/C22H19N3O2/c1-26-18-2-3-22-15(9-18)8-17(13-27-22)19-11-20-21(25-19)10-16(12-24-20)14-4-6-23-7-5-14/h2-7,9-10,12,17H,8,11,13H2,1H3. The van der Waals surface area contributed by atoms with Gasteiger partial charge in [-0.3, -0.25) is 15.0 Å². The average molecular weight is 357 g/mol. The Kier molecular flexibility index (Phi) is 3.85. The first-order valence-corrected chi connectivity index (χ1v) is 9.06. The lowest BCUT2D eigenvalue weighted by Crippen LogP contribution is -2.28. The summed E-state index contributed by atoms with van der Waals surface area (Å²) in [4.78, 5) is 13.6. The van der Waals surface area contributed by atoms with Crippen LogP contribution in [-0.2, 0) is 12.8 Å². The summed E-state index contributed by atoms with van der Waals surface area (Å²) in [5, 5.41) is 0. The van der Waals surface area contributed by atoms with Crippen LogP contribution in [0.5, 0.6) is 11.5 Å². The van der Waals surface area contributed by atoms with E-state index in [0.29, 0.717) is 6.61 Å². The third kappa shape index (κ3) is 2.95. The first-order chi connectivity index (χ1) is 13.3. The van der Waals surface area contributed by atoms with Crippen LogP contribution in [0.3, 0.4) is 0 Å². The molecule has 1 unspecified atom stereocenters. The number of hydrogen-bond acceptors (Lipinski definition) is 5. The molecule has 0 fully saturated rings. The van der Waals surface area contributed by atoms with Crippen molar-refractivity contribution in [3.05, 3.63) is 66.2 Å². The van der Waals surface area contributed by atoms with E-state index < -0.39 is 0 Å². The lowest BCUT2D eigenvalue weighted by Gasteiger charge is -2.25. The number of rotatable bonds is 3. The Hall–Kier alpha value is -3.21. The van der Waals surface area contributed by atoms with Gasteiger partial charge >= 0.3 is 0 Å². The Morgan fingerprint density at radius 3 is 2.81 bits per heavy atom. The molecule has 27 heavy (non-hydrogen) atoms. The van der Waals surface area contributed by atoms with Crippen LogP contribution in [0, 0.1) is 5.92 Å². The molecule has 4 heterocycles. The minimum atomic E-state index is 0.267. The summed E-state index contributed by atoms with van der Waals surface area (Å²) in [5.74, 6) is 2.07. The van der Waals surface area contributed by atoms with Crippen molar-refractivity contribution in [2.45, 2.75) is 12.8 Å². The van der Waals surface area contributed by atoms with E-state index in [1.165, 1.54) is 5.56 Å². The van der Waals surface area contributed by atoms with Crippen molar-refractivity contribution in [1.82, 2.24) is 9.97 Å². The number of pyridine rings is 2. The molecule has 0 spiro atoms. The molecule has 5 heteroatoms. The SMILES string of the molecule is COc1ccc2c(c1)CC(C1=Nc3cc(-c4ccncc4)cnc3C1)CO2. The molecular weight excluding hydrogens is 338 g/mol. The van der Waals surface area contributed by atoms with Crippen molar-refractivity contribution in [1.29, 1.82) is 0 Å². The number of fused-ring (bicyclic) bond motifs is 2. The van der Waals surface area contributed by atoms with Crippen molar-refractivity contribution in [3.8, 4) is 22.6 Å². The number of methoxy groups -OCH3 is 1. The molecular formula is C22H19N3O2. The Morgan fingerprint density at radius 2 is 1.96 bits per heavy atom. The monoisotopic (exact) mass is 357 g/mol. The van der Waals surface area contributed by atoms with Gasteiger partial charge in [-0.15, -0.1) is 0 Å². The Balaban J connectivity index is 1.41. The third-order valence-corrected chi connectivity index (χ3v) is 5.22. The summed E-state index contributed by atoms with van der Waals surface area (Å²) in [7, 11) is 1.69. The summed E-state index contributed by atoms with van der Waals surface area (Å²) >= 11 is 0. The van der Waals surface area contributed by atoms with Crippen molar-refractivity contribution in [2.75, 3.05) is 13.7 Å². The minimum Gasteiger partial charge on any atom is -0.497 e. The molecule has 5 rings (SSSR count). The third-order valence-electron chi connectivity index (χ3n) is 5.22. The van der Waals surface area contributed by atoms with Crippen LogP contribution in [-0.4, -0.2) is 29.4 Å². The largest absolute Gasteiger partial charge is 0.497 e. The summed E-state index contributed by atoms with van der Waals surface area (Å²) in [6, 6.07) is 12.1. The molecule has 2 aliphatic rings. The second-order valence-corrected chi connectivity index (χ2v) is 6.89. The van der Waals surface area contributed by atoms with Crippen LogP contribution in [0.4, 0.5) is 5.69 Å². The number of aromatic nitrogens is 2. The molecule has 2 aliphatic heterocycles. The number of benzene rings is 1. The van der Waals surface area contributed by atoms with Crippen molar-refractivity contribution >= 4 is 11.4 Å². The number of ether oxygens (including phenoxy) is 2. The highest BCUT2D eigenvalue weighted by Crippen LogP contribution is 2.36. The normalized spacial score (nSPS) is 17.5. The van der Waals surface area contributed by atoms with Gasteiger partial charge in [-0.25, -0.2) is 0 Å². The maximum absolute atomic E-state index is 5.98. The topological polar surface area (TPSA) is 56.6 Å². The Morgan fingerprint density at radius 1 is 1.07 bits per heavy atom. The molecule has 0 aliphatic carbocycles. The fourth-order valence-corrected chi connectivity index (χ4v) is 3.73. The lowest BCUT2D eigenvalue weighted by atomic mass is 9.91. The van der Waals surface area contributed by atoms with Crippen LogP contribution in [0.25, 0.3) is 11.1 Å². The summed E-state index contributed by atoms with van der Waals surface area (Å²) in [5.41, 5.74) is 6.50. The molecule has 0 radical (unpaired) electrons. The average Bonchev–Trinajstić information content (AvgIpc) is 3.17. The van der Waals surface area contributed by atoms with E-state index in [1.807, 2.05) is 30.5 Å². The van der Waals surface area contributed by atoms with E-state index in [-0.39, 0.29) is 5.92 Å². The molecule has 5 nitrogen and oxygen atoms in total. The van der Waals surface area contributed by atoms with E-state index in [4.69, 9.17) is 14.5 Å². The second kappa shape index (κ2) is 6.50. The number of nitrogens with zero attached hydrogens (tertiary/aromatic N) is 3. The summed E-state index contributed by atoms with van der Waals surface area (Å²) < 4.78 is 11.3. The van der Waals surface area contributed by atoms with Gasteiger partial charge in [0.2, 0.25) is 0 Å². The fraction of sp³-hybridized carbons (Fsp3) is 0.227. The number of aliphatic imine (C=N–C) groups is 1. The maximum Gasteiger partial charge on any atom is 0.122 e. The van der Waals surface area contributed by atoms with Gasteiger partial charge < -0.3 is 9.47 Å². The van der Waals surface area contributed by atoms with Gasteiger partial charge in [0.05, 0.1) is 25.1 Å². The summed E-state index contributed by atoms with van der Waals surface area (Å²) in [6.45, 7) is 0.656. The van der Waals surface area contributed by atoms with E-state index in [1.54, 1.807) is 19.5 Å². The van der Waals surface area contributed by atoms with Crippen molar-refractivity contribution < 1.29 is 9.47 Å². The van der Waals surface area contributed by atoms with Crippen LogP contribution in [0.2, 0.25) is 0 Å². The zero-order valence-corrected chi connectivity index (χ0v) is 15.1. The molecule has 0 N–H and O–H groups in total. The highest BCUT2D eigenvalue weighted by atomic mass is 16.5. The van der Waals surface area contributed by atoms with E-state index in [9.17, 15) is 0 Å². The van der Waals surface area contributed by atoms with E-state index in [2.05, 4.69) is 22.1 Å². The molecule has 0 bridgehead atoms. The first-order valence-electron chi connectivity index (χ1n) is 9.06. The maximum atomic E-state index is 5.98. The van der Waals surface area contributed by atoms with Crippen molar-refractivity contribution in [2.24, 2.45) is 10.9 Å². The van der Waals surface area contributed by atoms with Gasteiger partial charge in [-0.2, -0.15) is 0 Å². The minimum absolute atomic E-state index is 0.267. The Bertz CT molecular complexity index is 1030. The molecule has 1 atom stereocenters. The van der Waals surface area contributed by atoms with Crippen molar-refractivity contribution in [3.63, 3.8) is 0 Å². The molecule has 0 saturated heterocycles. The molecule has 2 aromatic heterocycles. The highest BCUT2D eigenvalue weighted by molar-refractivity contribution is 5.96. The van der Waals surface area contributed by atoms with Gasteiger partial charge in [0.1, 0.15) is 11.5 Å². The highest BCUT2D eigenvalue weighted by Gasteiger charge is 2.28. The fourth-order valence-electron chi connectivity index (χ4n) is 3.73. The van der Waals surface area contributed by atoms with Crippen LogP contribution in [0.1, 0.15) is 11.3 Å². The molecule has 134 valence electrons. The van der Waals surface area contributed by atoms with Crippen LogP contribution in [0.15, 0.2) is 60.0 Å². The van der Waals surface area contributed by atoms with E-state index in [0.717, 1.165) is 52.6 Å². The predicted octanol–water partition coefficient (Wildman–Crippen LogP) is 4.03.